The van der Waals surface area contributed by atoms with Gasteiger partial charge in [0.1, 0.15) is 0 Å². The van der Waals surface area contributed by atoms with Gasteiger partial charge in [-0.3, -0.25) is 0 Å². The Balaban J connectivity index is 1.92. The lowest BCUT2D eigenvalue weighted by molar-refractivity contribution is -0.122. The Morgan fingerprint density at radius 3 is 2.62 bits per heavy atom. The fourth-order valence-electron chi connectivity index (χ4n) is 1.84. The Morgan fingerprint density at radius 2 is 2.25 bits per heavy atom. The van der Waals surface area contributed by atoms with Crippen LogP contribution in [0.2, 0.25) is 0 Å². The Hall–Kier alpha value is -0.0800. The number of epoxide rings is 1. The van der Waals surface area contributed by atoms with Gasteiger partial charge in [0.25, 0.3) is 0 Å². The SMILES string of the molecule is C1O[C@H]2C[C@@H]3O[C@@H]3[C@@H]12. The minimum atomic E-state index is 0.596. The second-order valence-corrected chi connectivity index (χ2v) is 2.91. The van der Waals surface area contributed by atoms with E-state index in [1.165, 1.54) is 6.42 Å². The van der Waals surface area contributed by atoms with Crippen LogP contribution in [0, 0.1) is 5.92 Å². The highest BCUT2D eigenvalue weighted by atomic mass is 16.6. The number of rotatable bonds is 0. The molecule has 2 heteroatoms. The largest absolute Gasteiger partial charge is 0.377 e. The van der Waals surface area contributed by atoms with Crippen molar-refractivity contribution in [2.75, 3.05) is 6.61 Å². The van der Waals surface area contributed by atoms with Crippen LogP contribution in [0.4, 0.5) is 0 Å². The van der Waals surface area contributed by atoms with E-state index in [0.29, 0.717) is 18.3 Å². The predicted molar refractivity (Wildman–Crippen MR) is 26.5 cm³/mol. The summed E-state index contributed by atoms with van der Waals surface area (Å²) in [6.07, 6.45) is 3.00. The molecule has 0 radical (unpaired) electrons. The lowest BCUT2D eigenvalue weighted by atomic mass is 10.0. The summed E-state index contributed by atoms with van der Waals surface area (Å²) in [5.41, 5.74) is 0. The molecule has 0 N–H and O–H groups in total. The van der Waals surface area contributed by atoms with Crippen LogP contribution in [0.3, 0.4) is 0 Å². The molecule has 0 aromatic rings. The molecule has 0 spiro atoms. The molecular formula is C6H8O2. The first-order valence-corrected chi connectivity index (χ1v) is 3.22. The van der Waals surface area contributed by atoms with Crippen LogP contribution in [-0.4, -0.2) is 24.9 Å². The lowest BCUT2D eigenvalue weighted by Gasteiger charge is -2.31. The van der Waals surface area contributed by atoms with Crippen molar-refractivity contribution in [3.05, 3.63) is 0 Å². The molecule has 0 unspecified atom stereocenters. The van der Waals surface area contributed by atoms with E-state index in [1.807, 2.05) is 0 Å². The van der Waals surface area contributed by atoms with Gasteiger partial charge in [-0.1, -0.05) is 0 Å². The highest BCUT2D eigenvalue weighted by Gasteiger charge is 2.60. The summed E-state index contributed by atoms with van der Waals surface area (Å²) < 4.78 is 10.6. The van der Waals surface area contributed by atoms with Gasteiger partial charge in [0, 0.05) is 12.3 Å². The Kier molecular flexibility index (Phi) is 0.461. The first-order chi connectivity index (χ1) is 3.95. The van der Waals surface area contributed by atoms with Gasteiger partial charge in [-0.15, -0.1) is 0 Å². The van der Waals surface area contributed by atoms with Crippen molar-refractivity contribution < 1.29 is 9.47 Å². The molecule has 1 saturated carbocycles. The van der Waals surface area contributed by atoms with E-state index in [4.69, 9.17) is 9.47 Å². The number of ether oxygens (including phenoxy) is 2. The van der Waals surface area contributed by atoms with Gasteiger partial charge in [0.15, 0.2) is 0 Å². The van der Waals surface area contributed by atoms with Crippen molar-refractivity contribution in [3.8, 4) is 0 Å². The van der Waals surface area contributed by atoms with Gasteiger partial charge in [-0.25, -0.2) is 0 Å². The van der Waals surface area contributed by atoms with Gasteiger partial charge < -0.3 is 9.47 Å². The topological polar surface area (TPSA) is 21.8 Å². The lowest BCUT2D eigenvalue weighted by Crippen LogP contribution is -2.39. The maximum absolute atomic E-state index is 5.31. The summed E-state index contributed by atoms with van der Waals surface area (Å²) in [6.45, 7) is 0.964. The predicted octanol–water partition coefficient (Wildman–Crippen LogP) is 0.172. The molecule has 0 aromatic heterocycles. The van der Waals surface area contributed by atoms with E-state index in [0.717, 1.165) is 12.5 Å². The van der Waals surface area contributed by atoms with Crippen molar-refractivity contribution in [2.24, 2.45) is 5.92 Å². The summed E-state index contributed by atoms with van der Waals surface area (Å²) in [5, 5.41) is 0. The number of fused-ring (bicyclic) bond motifs is 3. The molecule has 3 rings (SSSR count). The second-order valence-electron chi connectivity index (χ2n) is 2.91. The molecule has 0 bridgehead atoms. The van der Waals surface area contributed by atoms with Crippen LogP contribution in [0.5, 0.6) is 0 Å². The molecule has 2 nitrogen and oxygen atoms in total. The Morgan fingerprint density at radius 1 is 1.25 bits per heavy atom. The molecule has 8 heavy (non-hydrogen) atoms. The zero-order chi connectivity index (χ0) is 5.14. The number of hydrogen-bond acceptors (Lipinski definition) is 2. The van der Waals surface area contributed by atoms with Crippen LogP contribution in [0.15, 0.2) is 0 Å². The molecule has 4 atom stereocenters. The summed E-state index contributed by atoms with van der Waals surface area (Å²) in [7, 11) is 0. The van der Waals surface area contributed by atoms with E-state index in [1.54, 1.807) is 0 Å². The van der Waals surface area contributed by atoms with E-state index >= 15 is 0 Å². The summed E-state index contributed by atoms with van der Waals surface area (Å²) in [6, 6.07) is 0. The average Bonchev–Trinajstić information content (AvgIpc) is 2.34. The first-order valence-electron chi connectivity index (χ1n) is 3.22. The smallest absolute Gasteiger partial charge is 0.0917 e. The van der Waals surface area contributed by atoms with Crippen molar-refractivity contribution in [3.63, 3.8) is 0 Å². The normalized spacial score (nSPS) is 66.0. The van der Waals surface area contributed by atoms with Crippen molar-refractivity contribution in [2.45, 2.75) is 24.7 Å². The third-order valence-electron chi connectivity index (χ3n) is 2.49. The third kappa shape index (κ3) is 0.273. The van der Waals surface area contributed by atoms with Gasteiger partial charge in [0.05, 0.1) is 24.9 Å². The fourth-order valence-corrected chi connectivity index (χ4v) is 1.84. The number of hydrogen-bond donors (Lipinski definition) is 0. The third-order valence-corrected chi connectivity index (χ3v) is 2.49. The van der Waals surface area contributed by atoms with Gasteiger partial charge in [-0.05, 0) is 0 Å². The molecule has 44 valence electrons. The molecule has 0 aromatic carbocycles. The first kappa shape index (κ1) is 3.85. The molecule has 2 aliphatic heterocycles. The zero-order valence-corrected chi connectivity index (χ0v) is 4.54. The summed E-state index contributed by atoms with van der Waals surface area (Å²) >= 11 is 0. The van der Waals surface area contributed by atoms with Crippen LogP contribution >= 0.6 is 0 Å². The standard InChI is InChI=1S/C6H8O2/c1-4-3(2-7-4)6-5(1)8-6/h3-6H,1-2H2/t3-,4-,5-,6+/m0/s1. The molecular weight excluding hydrogens is 104 g/mol. The van der Waals surface area contributed by atoms with Gasteiger partial charge >= 0.3 is 0 Å². The van der Waals surface area contributed by atoms with Crippen LogP contribution in [-0.2, 0) is 9.47 Å². The second kappa shape index (κ2) is 0.957. The monoisotopic (exact) mass is 112 g/mol. The van der Waals surface area contributed by atoms with Crippen LogP contribution in [0.1, 0.15) is 6.42 Å². The molecule has 3 fully saturated rings. The van der Waals surface area contributed by atoms with Crippen LogP contribution in [0.25, 0.3) is 0 Å². The summed E-state index contributed by atoms with van der Waals surface area (Å²) in [5.74, 6) is 0.792. The highest BCUT2D eigenvalue weighted by molar-refractivity contribution is 5.06. The molecule has 2 heterocycles. The van der Waals surface area contributed by atoms with E-state index < -0.39 is 0 Å². The maximum Gasteiger partial charge on any atom is 0.0917 e. The zero-order valence-electron chi connectivity index (χ0n) is 4.54. The van der Waals surface area contributed by atoms with E-state index in [2.05, 4.69) is 0 Å². The van der Waals surface area contributed by atoms with Gasteiger partial charge in [-0.2, -0.15) is 0 Å². The Bertz CT molecular complexity index is 130. The molecule has 3 aliphatic rings. The fraction of sp³-hybridized carbons (Fsp3) is 1.00. The molecule has 1 aliphatic carbocycles. The molecule has 2 saturated heterocycles. The minimum absolute atomic E-state index is 0.596. The average molecular weight is 112 g/mol. The van der Waals surface area contributed by atoms with Crippen molar-refractivity contribution in [1.29, 1.82) is 0 Å². The summed E-state index contributed by atoms with van der Waals surface area (Å²) in [4.78, 5) is 0. The van der Waals surface area contributed by atoms with E-state index in [-0.39, 0.29) is 0 Å². The van der Waals surface area contributed by atoms with Gasteiger partial charge in [0.2, 0.25) is 0 Å². The minimum Gasteiger partial charge on any atom is -0.377 e. The maximum atomic E-state index is 5.31. The quantitative estimate of drug-likeness (QED) is 0.417. The van der Waals surface area contributed by atoms with E-state index in [9.17, 15) is 0 Å². The Labute approximate surface area is 47.8 Å². The van der Waals surface area contributed by atoms with Crippen molar-refractivity contribution >= 4 is 0 Å². The highest BCUT2D eigenvalue weighted by Crippen LogP contribution is 2.49. The van der Waals surface area contributed by atoms with Crippen LogP contribution < -0.4 is 0 Å². The molecule has 0 amide bonds. The van der Waals surface area contributed by atoms with Crippen molar-refractivity contribution in [1.82, 2.24) is 0 Å².